The molecule has 1 N–H and O–H groups in total. The van der Waals surface area contributed by atoms with Gasteiger partial charge in [0.15, 0.2) is 0 Å². The molecule has 0 bridgehead atoms. The fourth-order valence-corrected chi connectivity index (χ4v) is 4.21. The topological polar surface area (TPSA) is 18.5 Å². The summed E-state index contributed by atoms with van der Waals surface area (Å²) < 4.78 is 0. The van der Waals surface area contributed by atoms with E-state index in [-0.39, 0.29) is 0 Å². The molecule has 2 rings (SSSR count). The fourth-order valence-electron chi connectivity index (χ4n) is 4.21. The second kappa shape index (κ2) is 7.24. The van der Waals surface area contributed by atoms with E-state index in [0.717, 1.165) is 12.0 Å². The Balaban J connectivity index is 1.86. The van der Waals surface area contributed by atoms with E-state index in [9.17, 15) is 0 Å². The zero-order chi connectivity index (χ0) is 14.6. The number of nitrogens with zero attached hydrogens (tertiary/aromatic N) is 2. The molecule has 2 fully saturated rings. The second-order valence-corrected chi connectivity index (χ2v) is 7.68. The van der Waals surface area contributed by atoms with Gasteiger partial charge in [-0.25, -0.2) is 0 Å². The van der Waals surface area contributed by atoms with Crippen LogP contribution in [0.1, 0.15) is 45.4 Å². The molecule has 1 aliphatic heterocycles. The molecule has 0 aromatic carbocycles. The van der Waals surface area contributed by atoms with Crippen molar-refractivity contribution in [3.63, 3.8) is 0 Å². The van der Waals surface area contributed by atoms with Gasteiger partial charge in [0.1, 0.15) is 0 Å². The highest BCUT2D eigenvalue weighted by atomic mass is 15.2. The Morgan fingerprint density at radius 1 is 1.10 bits per heavy atom. The molecular weight excluding hydrogens is 246 g/mol. The van der Waals surface area contributed by atoms with E-state index < -0.39 is 0 Å². The SMILES string of the molecule is CNCC1(CN2CCC(N(C)C)CC2)CCC(C)CC1. The molecule has 0 aromatic heterocycles. The molecule has 1 heterocycles. The smallest absolute Gasteiger partial charge is 0.0113 e. The van der Waals surface area contributed by atoms with Crippen LogP contribution < -0.4 is 5.32 Å². The maximum atomic E-state index is 3.47. The predicted octanol–water partition coefficient (Wildman–Crippen LogP) is 2.43. The van der Waals surface area contributed by atoms with E-state index in [1.54, 1.807) is 0 Å². The zero-order valence-corrected chi connectivity index (χ0v) is 14.1. The number of nitrogens with one attached hydrogen (secondary N) is 1. The van der Waals surface area contributed by atoms with Crippen LogP contribution >= 0.6 is 0 Å². The maximum absolute atomic E-state index is 3.47. The Morgan fingerprint density at radius 3 is 2.20 bits per heavy atom. The van der Waals surface area contributed by atoms with Crippen molar-refractivity contribution in [1.29, 1.82) is 0 Å². The summed E-state index contributed by atoms with van der Waals surface area (Å²) in [5.74, 6) is 0.944. The van der Waals surface area contributed by atoms with E-state index in [0.29, 0.717) is 5.41 Å². The van der Waals surface area contributed by atoms with Gasteiger partial charge < -0.3 is 15.1 Å². The summed E-state index contributed by atoms with van der Waals surface area (Å²) in [5.41, 5.74) is 0.548. The number of hydrogen-bond donors (Lipinski definition) is 1. The Bertz CT molecular complexity index is 274. The maximum Gasteiger partial charge on any atom is 0.0113 e. The van der Waals surface area contributed by atoms with Crippen LogP contribution in [0.3, 0.4) is 0 Å². The van der Waals surface area contributed by atoms with E-state index >= 15 is 0 Å². The average molecular weight is 281 g/mol. The predicted molar refractivity (Wildman–Crippen MR) is 87.1 cm³/mol. The third-order valence-corrected chi connectivity index (χ3v) is 5.73. The summed E-state index contributed by atoms with van der Waals surface area (Å²) in [6.45, 7) is 7.54. The van der Waals surface area contributed by atoms with Gasteiger partial charge in [-0.1, -0.05) is 19.8 Å². The van der Waals surface area contributed by atoms with E-state index in [1.807, 2.05) is 0 Å². The molecule has 3 heteroatoms. The molecule has 3 nitrogen and oxygen atoms in total. The van der Waals surface area contributed by atoms with Crippen molar-refractivity contribution in [2.45, 2.75) is 51.5 Å². The van der Waals surface area contributed by atoms with Crippen molar-refractivity contribution in [1.82, 2.24) is 15.1 Å². The van der Waals surface area contributed by atoms with Gasteiger partial charge in [-0.15, -0.1) is 0 Å². The number of likely N-dealkylation sites (tertiary alicyclic amines) is 1. The normalized spacial score (nSPS) is 33.8. The molecule has 1 aliphatic carbocycles. The molecule has 0 radical (unpaired) electrons. The van der Waals surface area contributed by atoms with E-state index in [4.69, 9.17) is 0 Å². The summed E-state index contributed by atoms with van der Waals surface area (Å²) in [6.07, 6.45) is 8.38. The van der Waals surface area contributed by atoms with E-state index in [1.165, 1.54) is 64.7 Å². The summed E-state index contributed by atoms with van der Waals surface area (Å²) in [6, 6.07) is 0.804. The number of rotatable bonds is 5. The lowest BCUT2D eigenvalue weighted by Gasteiger charge is -2.45. The van der Waals surface area contributed by atoms with Gasteiger partial charge in [-0.05, 0) is 71.2 Å². The lowest BCUT2D eigenvalue weighted by Crippen LogP contribution is -2.49. The van der Waals surface area contributed by atoms with Gasteiger partial charge in [-0.3, -0.25) is 0 Å². The summed E-state index contributed by atoms with van der Waals surface area (Å²) in [5, 5.41) is 3.47. The molecule has 1 saturated carbocycles. The highest BCUT2D eigenvalue weighted by Gasteiger charge is 2.36. The highest BCUT2D eigenvalue weighted by Crippen LogP contribution is 2.39. The van der Waals surface area contributed by atoms with Crippen molar-refractivity contribution in [2.75, 3.05) is 47.3 Å². The van der Waals surface area contributed by atoms with Crippen LogP contribution in [-0.2, 0) is 0 Å². The van der Waals surface area contributed by atoms with Gasteiger partial charge in [0.25, 0.3) is 0 Å². The first-order chi connectivity index (χ1) is 9.54. The lowest BCUT2D eigenvalue weighted by atomic mass is 9.70. The van der Waals surface area contributed by atoms with Crippen LogP contribution in [0.2, 0.25) is 0 Å². The number of hydrogen-bond acceptors (Lipinski definition) is 3. The molecule has 0 amide bonds. The minimum absolute atomic E-state index is 0.548. The first-order valence-corrected chi connectivity index (χ1v) is 8.58. The third kappa shape index (κ3) is 4.19. The van der Waals surface area contributed by atoms with Crippen molar-refractivity contribution in [3.05, 3.63) is 0 Å². The summed E-state index contributed by atoms with van der Waals surface area (Å²) in [7, 11) is 6.58. The van der Waals surface area contributed by atoms with Gasteiger partial charge in [0.05, 0.1) is 0 Å². The summed E-state index contributed by atoms with van der Waals surface area (Å²) >= 11 is 0. The molecular formula is C17H35N3. The highest BCUT2D eigenvalue weighted by molar-refractivity contribution is 4.90. The molecule has 1 saturated heterocycles. The Morgan fingerprint density at radius 2 is 1.70 bits per heavy atom. The molecule has 0 aromatic rings. The standard InChI is InChI=1S/C17H35N3/c1-15-5-9-17(10-6-15,13-18-2)14-20-11-7-16(8-12-20)19(3)4/h15-16,18H,5-14H2,1-4H3. The monoisotopic (exact) mass is 281 g/mol. The molecule has 118 valence electrons. The van der Waals surface area contributed by atoms with Crippen LogP contribution in [0.25, 0.3) is 0 Å². The molecule has 0 spiro atoms. The largest absolute Gasteiger partial charge is 0.319 e. The van der Waals surface area contributed by atoms with Gasteiger partial charge >= 0.3 is 0 Å². The van der Waals surface area contributed by atoms with Crippen molar-refractivity contribution in [3.8, 4) is 0 Å². The first kappa shape index (κ1) is 16.3. The van der Waals surface area contributed by atoms with Crippen LogP contribution in [0.15, 0.2) is 0 Å². The molecule has 0 atom stereocenters. The average Bonchev–Trinajstić information content (AvgIpc) is 2.43. The molecule has 20 heavy (non-hydrogen) atoms. The fraction of sp³-hybridized carbons (Fsp3) is 1.00. The minimum atomic E-state index is 0.548. The van der Waals surface area contributed by atoms with Gasteiger partial charge in [-0.2, -0.15) is 0 Å². The summed E-state index contributed by atoms with van der Waals surface area (Å²) in [4.78, 5) is 5.15. The van der Waals surface area contributed by atoms with Crippen LogP contribution in [-0.4, -0.2) is 63.2 Å². The number of piperidine rings is 1. The minimum Gasteiger partial charge on any atom is -0.319 e. The van der Waals surface area contributed by atoms with Crippen LogP contribution in [0.4, 0.5) is 0 Å². The van der Waals surface area contributed by atoms with Gasteiger partial charge in [0.2, 0.25) is 0 Å². The van der Waals surface area contributed by atoms with Gasteiger partial charge in [0, 0.05) is 19.1 Å². The van der Waals surface area contributed by atoms with Crippen molar-refractivity contribution < 1.29 is 0 Å². The Kier molecular flexibility index (Phi) is 5.88. The third-order valence-electron chi connectivity index (χ3n) is 5.73. The second-order valence-electron chi connectivity index (χ2n) is 7.68. The molecule has 2 aliphatic rings. The Labute approximate surface area is 126 Å². The lowest BCUT2D eigenvalue weighted by molar-refractivity contribution is 0.0607. The van der Waals surface area contributed by atoms with Crippen LogP contribution in [0, 0.1) is 11.3 Å². The quantitative estimate of drug-likeness (QED) is 0.835. The zero-order valence-electron chi connectivity index (χ0n) is 14.1. The Hall–Kier alpha value is -0.120. The first-order valence-electron chi connectivity index (χ1n) is 8.58. The van der Waals surface area contributed by atoms with Crippen molar-refractivity contribution in [2.24, 2.45) is 11.3 Å². The van der Waals surface area contributed by atoms with Crippen molar-refractivity contribution >= 4 is 0 Å². The van der Waals surface area contributed by atoms with E-state index in [2.05, 4.69) is 43.2 Å². The van der Waals surface area contributed by atoms with Crippen LogP contribution in [0.5, 0.6) is 0 Å². The molecule has 0 unspecified atom stereocenters.